The Morgan fingerprint density at radius 3 is 2.57 bits per heavy atom. The van der Waals surface area contributed by atoms with Crippen LogP contribution in [0.2, 0.25) is 5.02 Å². The van der Waals surface area contributed by atoms with Gasteiger partial charge in [0.05, 0.1) is 23.4 Å². The molecule has 2 N–H and O–H groups in total. The lowest BCUT2D eigenvalue weighted by Gasteiger charge is -2.29. The molecule has 0 atom stereocenters. The van der Waals surface area contributed by atoms with E-state index in [2.05, 4.69) is 15.6 Å². The highest BCUT2D eigenvalue weighted by Crippen LogP contribution is 2.30. The Balaban J connectivity index is 1.56. The number of carbonyl (C=O) groups excluding carboxylic acids is 1. The van der Waals surface area contributed by atoms with E-state index in [1.165, 1.54) is 0 Å². The van der Waals surface area contributed by atoms with Crippen molar-refractivity contribution in [2.45, 2.75) is 38.6 Å². The Hall–Kier alpha value is -2.48. The summed E-state index contributed by atoms with van der Waals surface area (Å²) < 4.78 is 47.0. The molecule has 1 amide bonds. The third-order valence-corrected chi connectivity index (χ3v) is 5.79. The number of ether oxygens (including phenoxy) is 1. The quantitative estimate of drug-likeness (QED) is 0.496. The van der Waals surface area contributed by atoms with E-state index in [-0.39, 0.29) is 6.04 Å². The molecule has 1 saturated carbocycles. The van der Waals surface area contributed by atoms with Crippen molar-refractivity contribution in [1.29, 1.82) is 0 Å². The summed E-state index contributed by atoms with van der Waals surface area (Å²) >= 11 is 5.70. The van der Waals surface area contributed by atoms with Gasteiger partial charge in [-0.15, -0.1) is 0 Å². The Morgan fingerprint density at radius 1 is 1.20 bits per heavy atom. The van der Waals surface area contributed by atoms with Crippen molar-refractivity contribution < 1.29 is 22.7 Å². The summed E-state index contributed by atoms with van der Waals surface area (Å²) in [5, 5.41) is 5.19. The molecule has 0 saturated heterocycles. The van der Waals surface area contributed by atoms with E-state index in [0.29, 0.717) is 24.6 Å². The Labute approximate surface area is 178 Å². The molecule has 1 aliphatic carbocycles. The highest BCUT2D eigenvalue weighted by molar-refractivity contribution is 6.34. The molecule has 0 radical (unpaired) electrons. The molecule has 3 rings (SSSR count). The van der Waals surface area contributed by atoms with Gasteiger partial charge in [-0.1, -0.05) is 11.6 Å². The molecular weight excluding hydrogens is 419 g/mol. The SMILES string of the molecule is COc1ncccc1NCC1CCC(NC(=O)c2c(F)c(C)c(F)c(F)c2Cl)CC1. The molecule has 5 nitrogen and oxygen atoms in total. The molecule has 1 aliphatic rings. The van der Waals surface area contributed by atoms with Gasteiger partial charge in [0, 0.05) is 24.3 Å². The first kappa shape index (κ1) is 22.2. The summed E-state index contributed by atoms with van der Waals surface area (Å²) in [6, 6.07) is 3.52. The fourth-order valence-corrected chi connectivity index (χ4v) is 3.91. The molecule has 30 heavy (non-hydrogen) atoms. The van der Waals surface area contributed by atoms with Crippen molar-refractivity contribution in [1.82, 2.24) is 10.3 Å². The first-order valence-corrected chi connectivity index (χ1v) is 10.1. The number of methoxy groups -OCH3 is 1. The largest absolute Gasteiger partial charge is 0.480 e. The van der Waals surface area contributed by atoms with Crippen LogP contribution >= 0.6 is 11.6 Å². The van der Waals surface area contributed by atoms with E-state index < -0.39 is 39.5 Å². The van der Waals surface area contributed by atoms with Gasteiger partial charge in [0.25, 0.3) is 5.91 Å². The second-order valence-electron chi connectivity index (χ2n) is 7.39. The van der Waals surface area contributed by atoms with Crippen LogP contribution in [0, 0.1) is 30.3 Å². The average molecular weight is 442 g/mol. The van der Waals surface area contributed by atoms with E-state index >= 15 is 0 Å². The van der Waals surface area contributed by atoms with Crippen LogP contribution in [-0.4, -0.2) is 30.6 Å². The molecule has 9 heteroatoms. The molecule has 1 heterocycles. The van der Waals surface area contributed by atoms with Gasteiger partial charge in [0.1, 0.15) is 5.82 Å². The number of rotatable bonds is 6. The number of nitrogens with one attached hydrogen (secondary N) is 2. The van der Waals surface area contributed by atoms with Crippen LogP contribution in [0.1, 0.15) is 41.6 Å². The number of amides is 1. The number of carbonyl (C=O) groups is 1. The molecule has 2 aromatic rings. The summed E-state index contributed by atoms with van der Waals surface area (Å²) in [6.45, 7) is 1.79. The van der Waals surface area contributed by atoms with Gasteiger partial charge < -0.3 is 15.4 Å². The topological polar surface area (TPSA) is 63.2 Å². The second kappa shape index (κ2) is 9.55. The van der Waals surface area contributed by atoms with Crippen molar-refractivity contribution in [3.05, 3.63) is 51.9 Å². The molecule has 1 aromatic carbocycles. The van der Waals surface area contributed by atoms with Crippen LogP contribution in [0.15, 0.2) is 18.3 Å². The summed E-state index contributed by atoms with van der Waals surface area (Å²) in [6.07, 6.45) is 4.71. The molecule has 0 aliphatic heterocycles. The smallest absolute Gasteiger partial charge is 0.256 e. The third kappa shape index (κ3) is 4.64. The first-order valence-electron chi connectivity index (χ1n) is 9.69. The van der Waals surface area contributed by atoms with Crippen LogP contribution in [0.5, 0.6) is 5.88 Å². The maximum atomic E-state index is 14.3. The lowest BCUT2D eigenvalue weighted by Crippen LogP contribution is -2.39. The maximum Gasteiger partial charge on any atom is 0.256 e. The number of nitrogens with zero attached hydrogens (tertiary/aromatic N) is 1. The lowest BCUT2D eigenvalue weighted by atomic mass is 9.86. The zero-order valence-electron chi connectivity index (χ0n) is 16.7. The predicted molar refractivity (Wildman–Crippen MR) is 109 cm³/mol. The molecule has 1 fully saturated rings. The van der Waals surface area contributed by atoms with Gasteiger partial charge in [-0.25, -0.2) is 18.2 Å². The number of hydrogen-bond donors (Lipinski definition) is 2. The Morgan fingerprint density at radius 2 is 1.90 bits per heavy atom. The minimum Gasteiger partial charge on any atom is -0.480 e. The van der Waals surface area contributed by atoms with E-state index in [1.807, 2.05) is 12.1 Å². The van der Waals surface area contributed by atoms with Crippen LogP contribution in [0.25, 0.3) is 0 Å². The molecule has 0 unspecified atom stereocenters. The van der Waals surface area contributed by atoms with Gasteiger partial charge in [0.2, 0.25) is 5.88 Å². The van der Waals surface area contributed by atoms with Gasteiger partial charge in [0.15, 0.2) is 11.6 Å². The minimum absolute atomic E-state index is 0.189. The third-order valence-electron chi connectivity index (χ3n) is 5.44. The van der Waals surface area contributed by atoms with E-state index in [9.17, 15) is 18.0 Å². The summed E-state index contributed by atoms with van der Waals surface area (Å²) in [4.78, 5) is 16.6. The number of benzene rings is 1. The van der Waals surface area contributed by atoms with Crippen molar-refractivity contribution in [3.63, 3.8) is 0 Å². The normalized spacial score (nSPS) is 18.7. The number of aromatic nitrogens is 1. The molecule has 0 spiro atoms. The van der Waals surface area contributed by atoms with Crippen molar-refractivity contribution in [2.75, 3.05) is 19.0 Å². The highest BCUT2D eigenvalue weighted by Gasteiger charge is 2.29. The zero-order valence-corrected chi connectivity index (χ0v) is 17.5. The van der Waals surface area contributed by atoms with Gasteiger partial charge in [-0.2, -0.15) is 0 Å². The highest BCUT2D eigenvalue weighted by atomic mass is 35.5. The fraction of sp³-hybridized carbons (Fsp3) is 0.429. The van der Waals surface area contributed by atoms with E-state index in [0.717, 1.165) is 32.0 Å². The monoisotopic (exact) mass is 441 g/mol. The number of halogens is 4. The molecular formula is C21H23ClF3N3O2. The molecule has 162 valence electrons. The number of anilines is 1. The van der Waals surface area contributed by atoms with Gasteiger partial charge in [-0.05, 0) is 50.7 Å². The minimum atomic E-state index is -1.42. The van der Waals surface area contributed by atoms with E-state index in [4.69, 9.17) is 16.3 Å². The Kier molecular flexibility index (Phi) is 7.07. The van der Waals surface area contributed by atoms with Crippen LogP contribution in [0.3, 0.4) is 0 Å². The van der Waals surface area contributed by atoms with Gasteiger partial charge >= 0.3 is 0 Å². The first-order chi connectivity index (χ1) is 14.3. The Bertz CT molecular complexity index is 905. The number of hydrogen-bond acceptors (Lipinski definition) is 4. The average Bonchev–Trinajstić information content (AvgIpc) is 2.76. The van der Waals surface area contributed by atoms with Crippen LogP contribution in [0.4, 0.5) is 18.9 Å². The van der Waals surface area contributed by atoms with E-state index in [1.54, 1.807) is 13.3 Å². The summed E-state index contributed by atoms with van der Waals surface area (Å²) in [5.41, 5.74) is -0.405. The molecule has 0 bridgehead atoms. The second-order valence-corrected chi connectivity index (χ2v) is 7.77. The van der Waals surface area contributed by atoms with Crippen LogP contribution < -0.4 is 15.4 Å². The fourth-order valence-electron chi connectivity index (χ4n) is 3.66. The zero-order chi connectivity index (χ0) is 21.8. The van der Waals surface area contributed by atoms with Crippen molar-refractivity contribution >= 4 is 23.2 Å². The maximum absolute atomic E-state index is 14.3. The standard InChI is InChI=1S/C21H23ClF3N3O2/c1-11-17(23)15(16(22)19(25)18(11)24)20(29)28-13-7-5-12(6-8-13)10-27-14-4-3-9-26-21(14)30-2/h3-4,9,12-13,27H,5-8,10H2,1-2H3,(H,28,29). The van der Waals surface area contributed by atoms with Crippen molar-refractivity contribution in [3.8, 4) is 5.88 Å². The van der Waals surface area contributed by atoms with Gasteiger partial charge in [-0.3, -0.25) is 4.79 Å². The van der Waals surface area contributed by atoms with Crippen LogP contribution in [-0.2, 0) is 0 Å². The van der Waals surface area contributed by atoms with Crippen molar-refractivity contribution in [2.24, 2.45) is 5.92 Å². The lowest BCUT2D eigenvalue weighted by molar-refractivity contribution is 0.0918. The molecule has 1 aromatic heterocycles. The number of pyridine rings is 1. The predicted octanol–water partition coefficient (Wildman–Crippen LogP) is 4.87. The summed E-state index contributed by atoms with van der Waals surface area (Å²) in [7, 11) is 1.56. The summed E-state index contributed by atoms with van der Waals surface area (Å²) in [5.74, 6) is -3.86.